The molecular weight excluding hydrogens is 630 g/mol. The van der Waals surface area contributed by atoms with Gasteiger partial charge in [0.05, 0.1) is 21.4 Å². The first-order chi connectivity index (χ1) is 22.6. The Labute approximate surface area is 275 Å². The molecule has 5 aromatic carbocycles. The second-order valence-electron chi connectivity index (χ2n) is 13.6. The van der Waals surface area contributed by atoms with E-state index in [-0.39, 0.29) is 0 Å². The van der Waals surface area contributed by atoms with Crippen LogP contribution in [-0.2, 0) is 31.9 Å². The smallest absolute Gasteiger partial charge is 0.387 e. The maximum atomic E-state index is 6.77. The summed E-state index contributed by atoms with van der Waals surface area (Å²) in [6.07, 6.45) is 1.27. The van der Waals surface area contributed by atoms with Gasteiger partial charge in [0.2, 0.25) is 0 Å². The molecular formula is C38H36O7P2. The topological polar surface area (TPSA) is 72.4 Å². The molecule has 240 valence electrons. The lowest BCUT2D eigenvalue weighted by Crippen LogP contribution is -2.71. The minimum absolute atomic E-state index is 0.306. The van der Waals surface area contributed by atoms with Gasteiger partial charge in [-0.05, 0) is 72.5 Å². The molecule has 4 aliphatic rings. The largest absolute Gasteiger partial charge is 0.399 e. The molecule has 0 amide bonds. The second kappa shape index (κ2) is 10.6. The number of ether oxygens (including phenoxy) is 3. The molecule has 4 saturated heterocycles. The van der Waals surface area contributed by atoms with Crippen molar-refractivity contribution in [3.05, 3.63) is 108 Å². The fourth-order valence-electron chi connectivity index (χ4n) is 8.33. The van der Waals surface area contributed by atoms with Gasteiger partial charge < -0.3 is 27.1 Å². The molecule has 4 aliphatic heterocycles. The highest BCUT2D eigenvalue weighted by molar-refractivity contribution is 7.55. The normalized spacial score (nSPS) is 29.7. The summed E-state index contributed by atoms with van der Waals surface area (Å²) in [4.78, 5) is 0. The highest BCUT2D eigenvalue weighted by Gasteiger charge is 2.72. The quantitative estimate of drug-likeness (QED) is 0.164. The Hall–Kier alpha value is -3.25. The molecule has 0 radical (unpaired) electrons. The van der Waals surface area contributed by atoms with Crippen LogP contribution in [0.4, 0.5) is 0 Å². The summed E-state index contributed by atoms with van der Waals surface area (Å²) in [7, 11) is -2.86. The standard InChI is InChI=1S/C38H36O7P2/c1-35-23-37(3)45-36(2,43-35)24-38(4,44-35)46(37)39-21-27-13-5-6-14-28(27)22-40-47-41-31-19-17-25-11-7-9-15-29(25)33(31)34-30-16-10-8-12-26(30)18-20-32(34)42-47/h5-20H,21-24H2,1-4H3. The van der Waals surface area contributed by atoms with E-state index >= 15 is 0 Å². The predicted octanol–water partition coefficient (Wildman–Crippen LogP) is 10.9. The summed E-state index contributed by atoms with van der Waals surface area (Å²) in [5, 5.41) is 5.63. The molecule has 0 N–H and O–H groups in total. The molecule has 0 aliphatic carbocycles. The summed E-state index contributed by atoms with van der Waals surface area (Å²) in [5.74, 6) is -1.33. The second-order valence-corrected chi connectivity index (χ2v) is 17.4. The Morgan fingerprint density at radius 3 is 1.55 bits per heavy atom. The van der Waals surface area contributed by atoms with Gasteiger partial charge >= 0.3 is 8.24 Å². The van der Waals surface area contributed by atoms with Gasteiger partial charge in [-0.2, -0.15) is 0 Å². The summed E-state index contributed by atoms with van der Waals surface area (Å²) in [6.45, 7) is 9.06. The van der Waals surface area contributed by atoms with Gasteiger partial charge in [-0.1, -0.05) is 84.9 Å². The van der Waals surface area contributed by atoms with Crippen molar-refractivity contribution in [2.45, 2.75) is 76.0 Å². The van der Waals surface area contributed by atoms with Gasteiger partial charge in [-0.15, -0.1) is 0 Å². The highest BCUT2D eigenvalue weighted by Crippen LogP contribution is 2.77. The SMILES string of the molecule is CC12CC3(C)OC(C)(CC(C)(O1)P3OCc1ccccc1COp1oc3ccc4ccccc4c3c3c(ccc4ccccc43)o1)O2. The minimum atomic E-state index is -1.77. The summed E-state index contributed by atoms with van der Waals surface area (Å²) >= 11 is 0. The third-order valence-corrected chi connectivity index (χ3v) is 13.3. The maximum Gasteiger partial charge on any atom is 0.387 e. The van der Waals surface area contributed by atoms with E-state index < -0.39 is 38.6 Å². The first kappa shape index (κ1) is 29.9. The fraction of sp³-hybridized carbons (Fsp3) is 0.316. The van der Waals surface area contributed by atoms with E-state index in [1.807, 2.05) is 38.1 Å². The van der Waals surface area contributed by atoms with Crippen molar-refractivity contribution in [3.8, 4) is 0 Å². The maximum absolute atomic E-state index is 6.77. The van der Waals surface area contributed by atoms with E-state index in [0.29, 0.717) is 26.1 Å². The molecule has 4 unspecified atom stereocenters. The molecule has 10 rings (SSSR count). The molecule has 5 heterocycles. The van der Waals surface area contributed by atoms with Crippen LogP contribution in [0.25, 0.3) is 43.5 Å². The van der Waals surface area contributed by atoms with Crippen molar-refractivity contribution in [3.63, 3.8) is 0 Å². The summed E-state index contributed by atoms with van der Waals surface area (Å²) < 4.78 is 45.7. The van der Waals surface area contributed by atoms with Crippen molar-refractivity contribution >= 4 is 59.9 Å². The minimum Gasteiger partial charge on any atom is -0.399 e. The average molecular weight is 667 g/mol. The van der Waals surface area contributed by atoms with Crippen molar-refractivity contribution in [2.24, 2.45) is 0 Å². The third kappa shape index (κ3) is 4.95. The molecule has 0 spiro atoms. The number of benzene rings is 5. The number of hydrogen-bond donors (Lipinski definition) is 0. The van der Waals surface area contributed by atoms with Gasteiger partial charge in [0.1, 0.15) is 21.9 Å². The van der Waals surface area contributed by atoms with Gasteiger partial charge in [0.25, 0.3) is 0 Å². The Bertz CT molecular complexity index is 2100. The van der Waals surface area contributed by atoms with Crippen LogP contribution in [0.15, 0.2) is 105 Å². The van der Waals surface area contributed by atoms with Crippen molar-refractivity contribution in [2.75, 3.05) is 0 Å². The van der Waals surface area contributed by atoms with Crippen molar-refractivity contribution in [1.29, 1.82) is 0 Å². The molecule has 7 nitrogen and oxygen atoms in total. The highest BCUT2D eigenvalue weighted by atomic mass is 31.1. The van der Waals surface area contributed by atoms with E-state index in [1.54, 1.807) is 0 Å². The van der Waals surface area contributed by atoms with Crippen LogP contribution in [0.3, 0.4) is 0 Å². The average Bonchev–Trinajstić information content (AvgIpc) is 3.19. The van der Waals surface area contributed by atoms with Crippen LogP contribution in [0.1, 0.15) is 51.7 Å². The third-order valence-electron chi connectivity index (χ3n) is 9.63. The van der Waals surface area contributed by atoms with E-state index in [9.17, 15) is 0 Å². The molecule has 4 bridgehead atoms. The lowest BCUT2D eigenvalue weighted by molar-refractivity contribution is -0.470. The number of hydrogen-bond acceptors (Lipinski definition) is 7. The van der Waals surface area contributed by atoms with Crippen molar-refractivity contribution < 1.29 is 31.7 Å². The van der Waals surface area contributed by atoms with Crippen LogP contribution >= 0.6 is 16.4 Å². The van der Waals surface area contributed by atoms with Crippen LogP contribution in [0, 0.1) is 0 Å². The lowest BCUT2D eigenvalue weighted by atomic mass is 9.98. The van der Waals surface area contributed by atoms with E-state index in [0.717, 1.165) is 54.6 Å². The zero-order chi connectivity index (χ0) is 32.0. The van der Waals surface area contributed by atoms with Crippen LogP contribution < -0.4 is 4.52 Å². The monoisotopic (exact) mass is 666 g/mol. The summed E-state index contributed by atoms with van der Waals surface area (Å²) in [6, 6.07) is 33.3. The summed E-state index contributed by atoms with van der Waals surface area (Å²) in [5.41, 5.74) is 3.56. The van der Waals surface area contributed by atoms with Gasteiger partial charge in [-0.3, -0.25) is 4.52 Å². The zero-order valence-electron chi connectivity index (χ0n) is 26.8. The Kier molecular flexibility index (Phi) is 6.75. The Morgan fingerprint density at radius 1 is 0.553 bits per heavy atom. The zero-order valence-corrected chi connectivity index (χ0v) is 28.6. The van der Waals surface area contributed by atoms with Crippen LogP contribution in [-0.4, -0.2) is 22.3 Å². The molecule has 47 heavy (non-hydrogen) atoms. The van der Waals surface area contributed by atoms with Gasteiger partial charge in [0.15, 0.2) is 11.6 Å². The predicted molar refractivity (Wildman–Crippen MR) is 186 cm³/mol. The van der Waals surface area contributed by atoms with Crippen molar-refractivity contribution in [1.82, 2.24) is 0 Å². The van der Waals surface area contributed by atoms with Crippen LogP contribution in [0.5, 0.6) is 0 Å². The van der Waals surface area contributed by atoms with E-state index in [1.165, 1.54) is 0 Å². The molecule has 6 aromatic rings. The van der Waals surface area contributed by atoms with Gasteiger partial charge in [0, 0.05) is 23.6 Å². The first-order valence-corrected chi connectivity index (χ1v) is 18.4. The Balaban J connectivity index is 1.05. The number of fused-ring (bicyclic) bond motifs is 7. The Morgan fingerprint density at radius 2 is 1.02 bits per heavy atom. The first-order valence-electron chi connectivity index (χ1n) is 16.1. The molecule has 0 saturated carbocycles. The van der Waals surface area contributed by atoms with Crippen LogP contribution in [0.2, 0.25) is 0 Å². The van der Waals surface area contributed by atoms with E-state index in [4.69, 9.17) is 31.7 Å². The molecule has 4 atom stereocenters. The fourth-order valence-corrected chi connectivity index (χ4v) is 12.6. The molecule has 4 fully saturated rings. The van der Waals surface area contributed by atoms with Gasteiger partial charge in [-0.25, -0.2) is 0 Å². The molecule has 9 heteroatoms. The number of rotatable bonds is 6. The van der Waals surface area contributed by atoms with E-state index in [2.05, 4.69) is 86.6 Å². The molecule has 1 aromatic heterocycles. The lowest BCUT2D eigenvalue weighted by Gasteiger charge is -2.68.